The maximum absolute atomic E-state index is 12.0. The molecule has 3 aromatic rings. The van der Waals surface area contributed by atoms with E-state index in [2.05, 4.69) is 25.6 Å². The van der Waals surface area contributed by atoms with E-state index in [1.165, 1.54) is 0 Å². The minimum atomic E-state index is -0.639. The molecule has 9 nitrogen and oxygen atoms in total. The number of pyridine rings is 1. The van der Waals surface area contributed by atoms with Crippen molar-refractivity contribution in [2.24, 2.45) is 0 Å². The van der Waals surface area contributed by atoms with E-state index in [9.17, 15) is 4.79 Å². The van der Waals surface area contributed by atoms with E-state index in [4.69, 9.17) is 9.37 Å². The molecule has 3 heterocycles. The number of hydrogen-bond donors (Lipinski definition) is 1. The molecule has 0 aromatic carbocycles. The molecule has 1 N–H and O–H groups in total. The number of fused-ring (bicyclic) bond motifs is 1. The average Bonchev–Trinajstić information content (AvgIpc) is 3.08. The lowest BCUT2D eigenvalue weighted by Crippen LogP contribution is -2.27. The standard InChI is InChI=1S/C15H18N6O3/c1-5-21-10-6-7-16-8-9(10)17-13(21)11-12(20-24-19-11)18-14(22)23-15(2,3)4/h6-8H,5H2,1-4H3,(H,18,20,22). The highest BCUT2D eigenvalue weighted by molar-refractivity contribution is 5.89. The summed E-state index contributed by atoms with van der Waals surface area (Å²) >= 11 is 0. The summed E-state index contributed by atoms with van der Waals surface area (Å²) in [4.78, 5) is 20.5. The number of imidazole rings is 1. The highest BCUT2D eigenvalue weighted by Crippen LogP contribution is 2.27. The number of hydrogen-bond acceptors (Lipinski definition) is 7. The predicted octanol–water partition coefficient (Wildman–Crippen LogP) is 2.85. The fourth-order valence-corrected chi connectivity index (χ4v) is 2.30. The molecule has 0 aliphatic heterocycles. The van der Waals surface area contributed by atoms with Crippen LogP contribution in [0.2, 0.25) is 0 Å². The van der Waals surface area contributed by atoms with Crippen molar-refractivity contribution in [1.82, 2.24) is 24.8 Å². The first-order valence-electron chi connectivity index (χ1n) is 7.52. The fraction of sp³-hybridized carbons (Fsp3) is 0.400. The molecule has 126 valence electrons. The van der Waals surface area contributed by atoms with Crippen molar-refractivity contribution in [3.63, 3.8) is 0 Å². The van der Waals surface area contributed by atoms with Crippen LogP contribution in [-0.2, 0) is 11.3 Å². The highest BCUT2D eigenvalue weighted by atomic mass is 16.6. The Kier molecular flexibility index (Phi) is 3.92. The van der Waals surface area contributed by atoms with Gasteiger partial charge in [-0.05, 0) is 44.1 Å². The largest absolute Gasteiger partial charge is 0.444 e. The van der Waals surface area contributed by atoms with Crippen LogP contribution in [0.25, 0.3) is 22.6 Å². The van der Waals surface area contributed by atoms with Gasteiger partial charge in [-0.1, -0.05) is 0 Å². The van der Waals surface area contributed by atoms with Gasteiger partial charge in [0.15, 0.2) is 11.5 Å². The van der Waals surface area contributed by atoms with Crippen molar-refractivity contribution in [3.8, 4) is 11.5 Å². The molecule has 0 radical (unpaired) electrons. The molecule has 3 aromatic heterocycles. The summed E-state index contributed by atoms with van der Waals surface area (Å²) in [5.74, 6) is 0.690. The molecule has 0 unspecified atom stereocenters. The van der Waals surface area contributed by atoms with Gasteiger partial charge in [-0.2, -0.15) is 0 Å². The zero-order valence-corrected chi connectivity index (χ0v) is 13.9. The van der Waals surface area contributed by atoms with Gasteiger partial charge < -0.3 is 9.30 Å². The lowest BCUT2D eigenvalue weighted by atomic mass is 10.2. The highest BCUT2D eigenvalue weighted by Gasteiger charge is 2.23. The number of nitrogens with zero attached hydrogens (tertiary/aromatic N) is 5. The van der Waals surface area contributed by atoms with Gasteiger partial charge in [-0.15, -0.1) is 0 Å². The quantitative estimate of drug-likeness (QED) is 0.786. The van der Waals surface area contributed by atoms with Gasteiger partial charge in [-0.25, -0.2) is 14.4 Å². The smallest absolute Gasteiger partial charge is 0.413 e. The van der Waals surface area contributed by atoms with Crippen LogP contribution in [0.4, 0.5) is 10.6 Å². The Labute approximate surface area is 138 Å². The first-order chi connectivity index (χ1) is 11.4. The number of carbonyl (C=O) groups is 1. The first-order valence-corrected chi connectivity index (χ1v) is 7.52. The summed E-state index contributed by atoms with van der Waals surface area (Å²) in [6.07, 6.45) is 2.72. The Morgan fingerprint density at radius 1 is 1.38 bits per heavy atom. The van der Waals surface area contributed by atoms with Crippen LogP contribution < -0.4 is 5.32 Å². The van der Waals surface area contributed by atoms with Crippen molar-refractivity contribution in [2.75, 3.05) is 5.32 Å². The summed E-state index contributed by atoms with van der Waals surface area (Å²) in [6.45, 7) is 7.97. The second kappa shape index (κ2) is 5.91. The number of nitrogens with one attached hydrogen (secondary N) is 1. The first kappa shape index (κ1) is 15.9. The van der Waals surface area contributed by atoms with Gasteiger partial charge in [-0.3, -0.25) is 10.3 Å². The summed E-state index contributed by atoms with van der Waals surface area (Å²) < 4.78 is 11.9. The lowest BCUT2D eigenvalue weighted by Gasteiger charge is -2.19. The Bertz CT molecular complexity index is 877. The predicted molar refractivity (Wildman–Crippen MR) is 86.4 cm³/mol. The second-order valence-electron chi connectivity index (χ2n) is 6.13. The summed E-state index contributed by atoms with van der Waals surface area (Å²) in [5, 5.41) is 10.2. The molecule has 0 saturated carbocycles. The topological polar surface area (TPSA) is 108 Å². The fourth-order valence-electron chi connectivity index (χ4n) is 2.30. The lowest BCUT2D eigenvalue weighted by molar-refractivity contribution is 0.0634. The Morgan fingerprint density at radius 3 is 2.88 bits per heavy atom. The number of rotatable bonds is 3. The van der Waals surface area contributed by atoms with Crippen LogP contribution in [0.5, 0.6) is 0 Å². The molecule has 24 heavy (non-hydrogen) atoms. The van der Waals surface area contributed by atoms with Gasteiger partial charge in [0.25, 0.3) is 0 Å². The zero-order chi connectivity index (χ0) is 17.3. The molecule has 0 aliphatic carbocycles. The molecule has 3 rings (SSSR count). The van der Waals surface area contributed by atoms with Crippen molar-refractivity contribution in [3.05, 3.63) is 18.5 Å². The number of amides is 1. The van der Waals surface area contributed by atoms with Crippen molar-refractivity contribution >= 4 is 22.9 Å². The minimum absolute atomic E-state index is 0.155. The number of aryl methyl sites for hydroxylation is 1. The van der Waals surface area contributed by atoms with E-state index in [0.717, 1.165) is 11.0 Å². The van der Waals surface area contributed by atoms with Crippen molar-refractivity contribution in [1.29, 1.82) is 0 Å². The van der Waals surface area contributed by atoms with Gasteiger partial charge in [0, 0.05) is 12.7 Å². The Morgan fingerprint density at radius 2 is 2.17 bits per heavy atom. The van der Waals surface area contributed by atoms with Crippen LogP contribution in [0.3, 0.4) is 0 Å². The van der Waals surface area contributed by atoms with Crippen LogP contribution in [0.15, 0.2) is 23.1 Å². The molecule has 0 fully saturated rings. The molecule has 0 aliphatic rings. The number of anilines is 1. The van der Waals surface area contributed by atoms with Gasteiger partial charge in [0.05, 0.1) is 11.7 Å². The van der Waals surface area contributed by atoms with Crippen LogP contribution >= 0.6 is 0 Å². The molecule has 0 saturated heterocycles. The number of ether oxygens (including phenoxy) is 1. The molecule has 0 spiro atoms. The van der Waals surface area contributed by atoms with E-state index in [-0.39, 0.29) is 5.82 Å². The van der Waals surface area contributed by atoms with Crippen LogP contribution in [0.1, 0.15) is 27.7 Å². The van der Waals surface area contributed by atoms with E-state index in [0.29, 0.717) is 18.1 Å². The third-order valence-electron chi connectivity index (χ3n) is 3.19. The van der Waals surface area contributed by atoms with Crippen molar-refractivity contribution in [2.45, 2.75) is 39.8 Å². The maximum atomic E-state index is 12.0. The summed E-state index contributed by atoms with van der Waals surface area (Å²) in [7, 11) is 0. The van der Waals surface area contributed by atoms with Gasteiger partial charge >= 0.3 is 6.09 Å². The molecule has 1 amide bonds. The second-order valence-corrected chi connectivity index (χ2v) is 6.13. The Balaban J connectivity index is 1.97. The summed E-state index contributed by atoms with van der Waals surface area (Å²) in [6, 6.07) is 1.86. The Hall–Kier alpha value is -2.97. The molecule has 0 bridgehead atoms. The molecule has 9 heteroatoms. The van der Waals surface area contributed by atoms with Gasteiger partial charge in [0.1, 0.15) is 11.1 Å². The minimum Gasteiger partial charge on any atom is -0.444 e. The SMILES string of the molecule is CCn1c(-c2nonc2NC(=O)OC(C)(C)C)nc2cnccc21. The molecular weight excluding hydrogens is 312 g/mol. The number of carbonyl (C=O) groups excluding carboxylic acids is 1. The van der Waals surface area contributed by atoms with E-state index in [1.54, 1.807) is 33.2 Å². The zero-order valence-electron chi connectivity index (χ0n) is 13.9. The van der Waals surface area contributed by atoms with Crippen molar-refractivity contribution < 1.29 is 14.2 Å². The average molecular weight is 330 g/mol. The monoisotopic (exact) mass is 330 g/mol. The maximum Gasteiger partial charge on any atom is 0.413 e. The van der Waals surface area contributed by atoms with Crippen LogP contribution in [-0.4, -0.2) is 36.5 Å². The van der Waals surface area contributed by atoms with E-state index >= 15 is 0 Å². The van der Waals surface area contributed by atoms with E-state index in [1.807, 2.05) is 17.6 Å². The normalized spacial score (nSPS) is 11.7. The molecule has 0 atom stereocenters. The van der Waals surface area contributed by atoms with Crippen LogP contribution in [0, 0.1) is 0 Å². The number of aromatic nitrogens is 5. The van der Waals surface area contributed by atoms with E-state index < -0.39 is 11.7 Å². The summed E-state index contributed by atoms with van der Waals surface area (Å²) in [5.41, 5.74) is 1.34. The third kappa shape index (κ3) is 3.05. The molecular formula is C15H18N6O3. The third-order valence-corrected chi connectivity index (χ3v) is 3.19. The van der Waals surface area contributed by atoms with Gasteiger partial charge in [0.2, 0.25) is 5.82 Å².